The standard InChI is InChI=1S/C10H17N3S/c1-4-12-10(11)13-6-9-5-7(2)8(3)14-9/h5H,4,6H2,1-3H3,(H3,11,12,13). The second-order valence-corrected chi connectivity index (χ2v) is 4.52. The molecule has 0 aromatic carbocycles. The first kappa shape index (κ1) is 11.0. The van der Waals surface area contributed by atoms with Crippen LogP contribution in [0.5, 0.6) is 0 Å². The van der Waals surface area contributed by atoms with Crippen molar-refractivity contribution in [2.24, 2.45) is 10.7 Å². The van der Waals surface area contributed by atoms with E-state index in [1.54, 1.807) is 11.3 Å². The molecule has 0 saturated heterocycles. The molecule has 3 nitrogen and oxygen atoms in total. The molecule has 1 aromatic rings. The van der Waals surface area contributed by atoms with Crippen LogP contribution < -0.4 is 11.1 Å². The van der Waals surface area contributed by atoms with E-state index in [-0.39, 0.29) is 0 Å². The van der Waals surface area contributed by atoms with Gasteiger partial charge in [0.1, 0.15) is 0 Å². The number of aryl methyl sites for hydroxylation is 2. The van der Waals surface area contributed by atoms with Gasteiger partial charge in [-0.05, 0) is 32.4 Å². The third-order valence-electron chi connectivity index (χ3n) is 1.98. The van der Waals surface area contributed by atoms with Gasteiger partial charge in [0.2, 0.25) is 0 Å². The topological polar surface area (TPSA) is 50.4 Å². The van der Waals surface area contributed by atoms with Crippen molar-refractivity contribution in [3.05, 3.63) is 21.4 Å². The summed E-state index contributed by atoms with van der Waals surface area (Å²) < 4.78 is 0. The maximum absolute atomic E-state index is 5.62. The Morgan fingerprint density at radius 3 is 2.79 bits per heavy atom. The molecule has 0 amide bonds. The fraction of sp³-hybridized carbons (Fsp3) is 0.500. The third kappa shape index (κ3) is 3.03. The minimum absolute atomic E-state index is 0.524. The van der Waals surface area contributed by atoms with Gasteiger partial charge in [-0.25, -0.2) is 4.99 Å². The van der Waals surface area contributed by atoms with Crippen LogP contribution in [0.3, 0.4) is 0 Å². The van der Waals surface area contributed by atoms with Crippen LogP contribution in [0.2, 0.25) is 0 Å². The second kappa shape index (κ2) is 5.00. The van der Waals surface area contributed by atoms with Gasteiger partial charge in [0.05, 0.1) is 6.54 Å². The van der Waals surface area contributed by atoms with E-state index in [0.29, 0.717) is 12.5 Å². The molecule has 0 aliphatic rings. The Morgan fingerprint density at radius 2 is 2.29 bits per heavy atom. The highest BCUT2D eigenvalue weighted by Gasteiger charge is 2.00. The summed E-state index contributed by atoms with van der Waals surface area (Å²) in [4.78, 5) is 6.86. The minimum Gasteiger partial charge on any atom is -0.370 e. The Bertz CT molecular complexity index is 309. The number of aliphatic imine (C=N–C) groups is 1. The summed E-state index contributed by atoms with van der Waals surface area (Å²) in [6, 6.07) is 2.17. The van der Waals surface area contributed by atoms with Gasteiger partial charge in [0.15, 0.2) is 5.96 Å². The normalized spacial score (nSPS) is 11.8. The lowest BCUT2D eigenvalue weighted by Gasteiger charge is -1.99. The molecule has 0 fully saturated rings. The van der Waals surface area contributed by atoms with Gasteiger partial charge in [0, 0.05) is 16.3 Å². The van der Waals surface area contributed by atoms with Crippen LogP contribution in [0.4, 0.5) is 0 Å². The summed E-state index contributed by atoms with van der Waals surface area (Å²) >= 11 is 1.78. The average molecular weight is 211 g/mol. The van der Waals surface area contributed by atoms with Gasteiger partial charge < -0.3 is 11.1 Å². The van der Waals surface area contributed by atoms with Crippen LogP contribution in [0.1, 0.15) is 22.2 Å². The maximum Gasteiger partial charge on any atom is 0.188 e. The predicted molar refractivity (Wildman–Crippen MR) is 62.8 cm³/mol. The Morgan fingerprint density at radius 1 is 1.57 bits per heavy atom. The van der Waals surface area contributed by atoms with Gasteiger partial charge >= 0.3 is 0 Å². The molecule has 78 valence electrons. The molecule has 14 heavy (non-hydrogen) atoms. The van der Waals surface area contributed by atoms with E-state index in [1.807, 2.05) is 6.92 Å². The smallest absolute Gasteiger partial charge is 0.188 e. The van der Waals surface area contributed by atoms with E-state index in [1.165, 1.54) is 15.3 Å². The first-order chi connectivity index (χ1) is 6.63. The lowest BCUT2D eigenvalue weighted by molar-refractivity contribution is 0.929. The average Bonchev–Trinajstić information content (AvgIpc) is 2.44. The number of nitrogens with two attached hydrogens (primary N) is 1. The van der Waals surface area contributed by atoms with Crippen molar-refractivity contribution in [1.29, 1.82) is 0 Å². The van der Waals surface area contributed by atoms with E-state index < -0.39 is 0 Å². The summed E-state index contributed by atoms with van der Waals surface area (Å²) in [5.74, 6) is 0.524. The zero-order valence-corrected chi connectivity index (χ0v) is 9.74. The number of nitrogens with zero attached hydrogens (tertiary/aromatic N) is 1. The summed E-state index contributed by atoms with van der Waals surface area (Å²) in [6.07, 6.45) is 0. The molecule has 4 heteroatoms. The summed E-state index contributed by atoms with van der Waals surface area (Å²) in [7, 11) is 0. The number of hydrogen-bond acceptors (Lipinski definition) is 2. The molecule has 3 N–H and O–H groups in total. The van der Waals surface area contributed by atoms with Crippen molar-refractivity contribution in [2.45, 2.75) is 27.3 Å². The zero-order valence-electron chi connectivity index (χ0n) is 8.92. The predicted octanol–water partition coefficient (Wildman–Crippen LogP) is 1.79. The number of thiophene rings is 1. The fourth-order valence-electron chi connectivity index (χ4n) is 1.13. The largest absolute Gasteiger partial charge is 0.370 e. The Kier molecular flexibility index (Phi) is 3.95. The van der Waals surface area contributed by atoms with Crippen molar-refractivity contribution < 1.29 is 0 Å². The molecule has 0 atom stereocenters. The molecule has 0 spiro atoms. The highest BCUT2D eigenvalue weighted by molar-refractivity contribution is 7.12. The van der Waals surface area contributed by atoms with Crippen LogP contribution in [-0.2, 0) is 6.54 Å². The number of guanidine groups is 1. The van der Waals surface area contributed by atoms with E-state index >= 15 is 0 Å². The van der Waals surface area contributed by atoms with Crippen LogP contribution in [0, 0.1) is 13.8 Å². The SMILES string of the molecule is CCNC(N)=NCc1cc(C)c(C)s1. The molecule has 1 heterocycles. The van der Waals surface area contributed by atoms with Crippen LogP contribution in [0.25, 0.3) is 0 Å². The monoisotopic (exact) mass is 211 g/mol. The highest BCUT2D eigenvalue weighted by atomic mass is 32.1. The van der Waals surface area contributed by atoms with E-state index in [4.69, 9.17) is 5.73 Å². The van der Waals surface area contributed by atoms with Gasteiger partial charge in [-0.1, -0.05) is 0 Å². The first-order valence-corrected chi connectivity index (χ1v) is 5.54. The van der Waals surface area contributed by atoms with Crippen molar-refractivity contribution >= 4 is 17.3 Å². The fourth-order valence-corrected chi connectivity index (χ4v) is 2.11. The molecule has 0 radical (unpaired) electrons. The van der Waals surface area contributed by atoms with Gasteiger partial charge in [0.25, 0.3) is 0 Å². The molecule has 0 bridgehead atoms. The molecule has 0 aliphatic carbocycles. The molecule has 0 saturated carbocycles. The molecule has 0 unspecified atom stereocenters. The highest BCUT2D eigenvalue weighted by Crippen LogP contribution is 2.20. The van der Waals surface area contributed by atoms with Crippen LogP contribution >= 0.6 is 11.3 Å². The summed E-state index contributed by atoms with van der Waals surface area (Å²) in [6.45, 7) is 7.74. The number of nitrogens with one attached hydrogen (secondary N) is 1. The third-order valence-corrected chi connectivity index (χ3v) is 3.12. The maximum atomic E-state index is 5.62. The van der Waals surface area contributed by atoms with Crippen molar-refractivity contribution in [3.63, 3.8) is 0 Å². The van der Waals surface area contributed by atoms with Gasteiger partial charge in [-0.3, -0.25) is 0 Å². The van der Waals surface area contributed by atoms with Crippen molar-refractivity contribution in [1.82, 2.24) is 5.32 Å². The van der Waals surface area contributed by atoms with E-state index in [9.17, 15) is 0 Å². The Hall–Kier alpha value is -1.03. The molecular weight excluding hydrogens is 194 g/mol. The Balaban J connectivity index is 2.57. The molecule has 1 aromatic heterocycles. The lowest BCUT2D eigenvalue weighted by atomic mass is 10.3. The number of rotatable bonds is 3. The molecule has 0 aliphatic heterocycles. The van der Waals surface area contributed by atoms with Gasteiger partial charge in [-0.2, -0.15) is 0 Å². The van der Waals surface area contributed by atoms with Crippen LogP contribution in [-0.4, -0.2) is 12.5 Å². The van der Waals surface area contributed by atoms with Crippen molar-refractivity contribution in [3.8, 4) is 0 Å². The number of hydrogen-bond donors (Lipinski definition) is 2. The van der Waals surface area contributed by atoms with Gasteiger partial charge in [-0.15, -0.1) is 11.3 Å². The van der Waals surface area contributed by atoms with Crippen LogP contribution in [0.15, 0.2) is 11.1 Å². The molecular formula is C10H17N3S. The van der Waals surface area contributed by atoms with E-state index in [0.717, 1.165) is 6.54 Å². The quantitative estimate of drug-likeness (QED) is 0.591. The van der Waals surface area contributed by atoms with E-state index in [2.05, 4.69) is 30.2 Å². The summed E-state index contributed by atoms with van der Waals surface area (Å²) in [5.41, 5.74) is 6.96. The summed E-state index contributed by atoms with van der Waals surface area (Å²) in [5, 5.41) is 2.97. The lowest BCUT2D eigenvalue weighted by Crippen LogP contribution is -2.31. The minimum atomic E-state index is 0.524. The Labute approximate surface area is 89.0 Å². The zero-order chi connectivity index (χ0) is 10.6. The second-order valence-electron chi connectivity index (χ2n) is 3.18. The first-order valence-electron chi connectivity index (χ1n) is 4.73. The molecule has 1 rings (SSSR count). The van der Waals surface area contributed by atoms with Crippen molar-refractivity contribution in [2.75, 3.05) is 6.54 Å².